The minimum atomic E-state index is 0.313. The van der Waals surface area contributed by atoms with Gasteiger partial charge in [-0.15, -0.1) is 11.7 Å². The van der Waals surface area contributed by atoms with Crippen molar-refractivity contribution in [3.05, 3.63) is 42.9 Å². The van der Waals surface area contributed by atoms with Crippen LogP contribution in [0.2, 0.25) is 0 Å². The van der Waals surface area contributed by atoms with E-state index in [0.29, 0.717) is 17.9 Å². The molecule has 5 heteroatoms. The van der Waals surface area contributed by atoms with Crippen LogP contribution in [-0.2, 0) is 6.54 Å². The van der Waals surface area contributed by atoms with E-state index >= 15 is 0 Å². The standard InChI is InChI=1S/C11H9N5/c1-2-7-16-11(10(8-12)14-15-16)9-3-5-13-6-4-9/h2-6H,1,7H2. The van der Waals surface area contributed by atoms with Gasteiger partial charge in [0.05, 0.1) is 6.54 Å². The molecule has 0 aliphatic carbocycles. The average Bonchev–Trinajstić information content (AvgIpc) is 2.74. The third-order valence-corrected chi connectivity index (χ3v) is 2.10. The van der Waals surface area contributed by atoms with E-state index < -0.39 is 0 Å². The number of allylic oxidation sites excluding steroid dienone is 1. The van der Waals surface area contributed by atoms with E-state index in [2.05, 4.69) is 21.9 Å². The molecule has 0 N–H and O–H groups in total. The van der Waals surface area contributed by atoms with Crippen LogP contribution in [0.1, 0.15) is 5.69 Å². The molecule has 0 unspecified atom stereocenters. The second kappa shape index (κ2) is 4.36. The SMILES string of the molecule is C=CCn1nnc(C#N)c1-c1ccncc1. The minimum Gasteiger partial charge on any atom is -0.265 e. The Labute approximate surface area is 92.7 Å². The molecule has 2 aromatic heterocycles. The van der Waals surface area contributed by atoms with Crippen LogP contribution in [0.15, 0.2) is 37.2 Å². The summed E-state index contributed by atoms with van der Waals surface area (Å²) in [5, 5.41) is 16.7. The van der Waals surface area contributed by atoms with E-state index in [0.717, 1.165) is 5.56 Å². The Morgan fingerprint density at radius 3 is 2.81 bits per heavy atom. The summed E-state index contributed by atoms with van der Waals surface area (Å²) in [6, 6.07) is 5.66. The van der Waals surface area contributed by atoms with Crippen LogP contribution in [0.3, 0.4) is 0 Å². The van der Waals surface area contributed by atoms with E-state index in [9.17, 15) is 0 Å². The summed E-state index contributed by atoms with van der Waals surface area (Å²) >= 11 is 0. The van der Waals surface area contributed by atoms with Gasteiger partial charge in [0.1, 0.15) is 11.8 Å². The van der Waals surface area contributed by atoms with Gasteiger partial charge in [0.2, 0.25) is 0 Å². The van der Waals surface area contributed by atoms with Gasteiger partial charge in [-0.1, -0.05) is 11.3 Å². The summed E-state index contributed by atoms with van der Waals surface area (Å²) in [6.07, 6.45) is 5.05. The second-order valence-corrected chi connectivity index (χ2v) is 3.11. The van der Waals surface area contributed by atoms with E-state index in [1.807, 2.05) is 18.2 Å². The molecule has 2 heterocycles. The van der Waals surface area contributed by atoms with Gasteiger partial charge in [-0.2, -0.15) is 5.26 Å². The van der Waals surface area contributed by atoms with Crippen LogP contribution in [-0.4, -0.2) is 20.0 Å². The fourth-order valence-electron chi connectivity index (χ4n) is 1.43. The summed E-state index contributed by atoms with van der Waals surface area (Å²) in [6.45, 7) is 4.16. The second-order valence-electron chi connectivity index (χ2n) is 3.11. The molecular formula is C11H9N5. The van der Waals surface area contributed by atoms with Crippen LogP contribution < -0.4 is 0 Å². The molecule has 78 valence electrons. The van der Waals surface area contributed by atoms with Crippen molar-refractivity contribution in [3.63, 3.8) is 0 Å². The molecule has 2 rings (SSSR count). The van der Waals surface area contributed by atoms with Crippen LogP contribution in [0.4, 0.5) is 0 Å². The number of nitriles is 1. The normalized spacial score (nSPS) is 9.69. The van der Waals surface area contributed by atoms with Gasteiger partial charge >= 0.3 is 0 Å². The molecular weight excluding hydrogens is 202 g/mol. The lowest BCUT2D eigenvalue weighted by molar-refractivity contribution is 0.668. The fraction of sp³-hybridized carbons (Fsp3) is 0.0909. The first-order valence-electron chi connectivity index (χ1n) is 4.71. The van der Waals surface area contributed by atoms with E-state index in [1.165, 1.54) is 0 Å². The third kappa shape index (κ3) is 1.68. The largest absolute Gasteiger partial charge is 0.265 e. The zero-order valence-electron chi connectivity index (χ0n) is 8.54. The van der Waals surface area contributed by atoms with Crippen LogP contribution in [0.25, 0.3) is 11.3 Å². The quantitative estimate of drug-likeness (QED) is 0.719. The van der Waals surface area contributed by atoms with E-state index in [4.69, 9.17) is 5.26 Å². The lowest BCUT2D eigenvalue weighted by Crippen LogP contribution is -2.00. The zero-order valence-corrected chi connectivity index (χ0v) is 8.54. The van der Waals surface area contributed by atoms with Crippen molar-refractivity contribution in [2.45, 2.75) is 6.54 Å². The summed E-state index contributed by atoms with van der Waals surface area (Å²) in [4.78, 5) is 3.93. The van der Waals surface area contributed by atoms with Crippen molar-refractivity contribution in [3.8, 4) is 17.3 Å². The highest BCUT2D eigenvalue weighted by Gasteiger charge is 2.13. The fourth-order valence-corrected chi connectivity index (χ4v) is 1.43. The molecule has 0 atom stereocenters. The molecule has 0 saturated heterocycles. The third-order valence-electron chi connectivity index (χ3n) is 2.10. The first kappa shape index (κ1) is 10.1. The molecule has 0 aliphatic rings. The van der Waals surface area contributed by atoms with Crippen molar-refractivity contribution < 1.29 is 0 Å². The van der Waals surface area contributed by atoms with E-state index in [1.54, 1.807) is 23.2 Å². The van der Waals surface area contributed by atoms with Gasteiger partial charge in [0.15, 0.2) is 5.69 Å². The predicted octanol–water partition coefficient (Wildman–Crippen LogP) is 1.40. The maximum Gasteiger partial charge on any atom is 0.190 e. The van der Waals surface area contributed by atoms with Gasteiger partial charge in [-0.05, 0) is 12.1 Å². The summed E-state index contributed by atoms with van der Waals surface area (Å²) < 4.78 is 1.64. The minimum absolute atomic E-state index is 0.313. The van der Waals surface area contributed by atoms with Gasteiger partial charge in [-0.25, -0.2) is 4.68 Å². The first-order valence-corrected chi connectivity index (χ1v) is 4.71. The zero-order chi connectivity index (χ0) is 11.4. The van der Waals surface area contributed by atoms with Gasteiger partial charge in [0, 0.05) is 18.0 Å². The number of pyridine rings is 1. The number of hydrogen-bond donors (Lipinski definition) is 0. The molecule has 0 aliphatic heterocycles. The molecule has 0 radical (unpaired) electrons. The molecule has 2 aromatic rings. The number of aromatic nitrogens is 4. The molecule has 16 heavy (non-hydrogen) atoms. The Balaban J connectivity index is 2.58. The van der Waals surface area contributed by atoms with Crippen molar-refractivity contribution in [2.75, 3.05) is 0 Å². The van der Waals surface area contributed by atoms with Crippen molar-refractivity contribution in [2.24, 2.45) is 0 Å². The topological polar surface area (TPSA) is 67.4 Å². The molecule has 0 amide bonds. The van der Waals surface area contributed by atoms with Crippen LogP contribution in [0.5, 0.6) is 0 Å². The van der Waals surface area contributed by atoms with Crippen molar-refractivity contribution >= 4 is 0 Å². The number of hydrogen-bond acceptors (Lipinski definition) is 4. The Kier molecular flexibility index (Phi) is 2.74. The Hall–Kier alpha value is -2.48. The Morgan fingerprint density at radius 1 is 1.44 bits per heavy atom. The number of rotatable bonds is 3. The van der Waals surface area contributed by atoms with Crippen molar-refractivity contribution in [1.82, 2.24) is 20.0 Å². The average molecular weight is 211 g/mol. The summed E-state index contributed by atoms with van der Waals surface area (Å²) in [7, 11) is 0. The molecule has 0 spiro atoms. The van der Waals surface area contributed by atoms with Crippen molar-refractivity contribution in [1.29, 1.82) is 5.26 Å². The lowest BCUT2D eigenvalue weighted by Gasteiger charge is -2.02. The molecule has 0 fully saturated rings. The number of nitrogens with zero attached hydrogens (tertiary/aromatic N) is 5. The van der Waals surface area contributed by atoms with Gasteiger partial charge in [0.25, 0.3) is 0 Å². The maximum atomic E-state index is 8.95. The molecule has 0 bridgehead atoms. The monoisotopic (exact) mass is 211 g/mol. The highest BCUT2D eigenvalue weighted by Crippen LogP contribution is 2.20. The summed E-state index contributed by atoms with van der Waals surface area (Å²) in [5.41, 5.74) is 1.89. The van der Waals surface area contributed by atoms with Crippen LogP contribution in [0, 0.1) is 11.3 Å². The highest BCUT2D eigenvalue weighted by atomic mass is 15.4. The smallest absolute Gasteiger partial charge is 0.190 e. The van der Waals surface area contributed by atoms with E-state index in [-0.39, 0.29) is 0 Å². The maximum absolute atomic E-state index is 8.95. The van der Waals surface area contributed by atoms with Crippen LogP contribution >= 0.6 is 0 Å². The Morgan fingerprint density at radius 2 is 2.19 bits per heavy atom. The highest BCUT2D eigenvalue weighted by molar-refractivity contribution is 5.64. The Bertz CT molecular complexity index is 535. The van der Waals surface area contributed by atoms with Gasteiger partial charge in [-0.3, -0.25) is 4.98 Å². The first-order chi connectivity index (χ1) is 7.86. The van der Waals surface area contributed by atoms with Gasteiger partial charge < -0.3 is 0 Å². The molecule has 5 nitrogen and oxygen atoms in total. The molecule has 0 saturated carbocycles. The summed E-state index contributed by atoms with van der Waals surface area (Å²) in [5.74, 6) is 0. The molecule has 0 aromatic carbocycles. The predicted molar refractivity (Wildman–Crippen MR) is 58.2 cm³/mol. The lowest BCUT2D eigenvalue weighted by atomic mass is 10.1.